The van der Waals surface area contributed by atoms with Crippen molar-refractivity contribution in [1.29, 1.82) is 0 Å². The highest BCUT2D eigenvalue weighted by Crippen LogP contribution is 2.38. The molecule has 4 bridgehead atoms. The first-order valence-electron chi connectivity index (χ1n) is 15.1. The molecular formula is C33H39F3N6OS2. The minimum atomic E-state index is -4.39. The molecule has 1 N–H and O–H groups in total. The zero-order chi connectivity index (χ0) is 31.9. The van der Waals surface area contributed by atoms with E-state index in [-0.39, 0.29) is 5.88 Å². The molecule has 0 saturated heterocycles. The number of ether oxygens (including phenoxy) is 1. The molecule has 5 rings (SSSR count). The third-order valence-corrected chi connectivity index (χ3v) is 9.13. The van der Waals surface area contributed by atoms with Gasteiger partial charge in [0.05, 0.1) is 16.8 Å². The molecule has 7 nitrogen and oxygen atoms in total. The number of pyridine rings is 2. The standard InChI is InChI=1S/C33H39F3N6OS2/c1-32(2,33(34,35)36)23-43-29-18-20-42(39-29)26-16-17-27-37-31(26)25-13-8-7-12-24(25)11-6-4-5-9-19-41(21-22-44-3)28-14-10-15-30(38-28)45-40-27/h7-8,10,12-18,20H,4-6,9,11,19,21-23H2,1-3H3,(H,37,40). The summed E-state index contributed by atoms with van der Waals surface area (Å²) in [5.41, 5.74) is 1.59. The van der Waals surface area contributed by atoms with Crippen molar-refractivity contribution in [2.45, 2.75) is 57.2 Å². The second-order valence-electron chi connectivity index (χ2n) is 11.7. The van der Waals surface area contributed by atoms with Crippen molar-refractivity contribution < 1.29 is 17.9 Å². The Labute approximate surface area is 271 Å². The molecule has 4 heterocycles. The molecule has 12 heteroatoms. The molecule has 3 aromatic heterocycles. The predicted molar refractivity (Wildman–Crippen MR) is 179 cm³/mol. The van der Waals surface area contributed by atoms with Crippen molar-refractivity contribution in [3.63, 3.8) is 0 Å². The van der Waals surface area contributed by atoms with Crippen molar-refractivity contribution >= 4 is 35.3 Å². The van der Waals surface area contributed by atoms with Gasteiger partial charge in [0.25, 0.3) is 0 Å². The van der Waals surface area contributed by atoms with E-state index in [1.807, 2.05) is 48.2 Å². The topological polar surface area (TPSA) is 68.1 Å². The molecule has 0 atom stereocenters. The van der Waals surface area contributed by atoms with Crippen LogP contribution in [0, 0.1) is 5.41 Å². The normalized spacial score (nSPS) is 14.8. The summed E-state index contributed by atoms with van der Waals surface area (Å²) in [5.74, 6) is 2.79. The summed E-state index contributed by atoms with van der Waals surface area (Å²) in [6, 6.07) is 19.7. The second-order valence-corrected chi connectivity index (χ2v) is 13.5. The maximum absolute atomic E-state index is 13.4. The number of hydrogen-bond donors (Lipinski definition) is 1. The fraction of sp³-hybridized carbons (Fsp3) is 0.424. The van der Waals surface area contributed by atoms with Crippen LogP contribution in [0.3, 0.4) is 0 Å². The van der Waals surface area contributed by atoms with Gasteiger partial charge in [0.2, 0.25) is 5.88 Å². The minimum Gasteiger partial charge on any atom is -0.476 e. The van der Waals surface area contributed by atoms with E-state index in [4.69, 9.17) is 14.7 Å². The average molecular weight is 657 g/mol. The van der Waals surface area contributed by atoms with Crippen LogP contribution < -0.4 is 14.4 Å². The Hall–Kier alpha value is -3.38. The Balaban J connectivity index is 1.47. The predicted octanol–water partition coefficient (Wildman–Crippen LogP) is 8.70. The van der Waals surface area contributed by atoms with E-state index in [1.165, 1.54) is 17.5 Å². The van der Waals surface area contributed by atoms with Gasteiger partial charge in [0.15, 0.2) is 0 Å². The quantitative estimate of drug-likeness (QED) is 0.198. The highest BCUT2D eigenvalue weighted by atomic mass is 32.2. The van der Waals surface area contributed by atoms with Gasteiger partial charge in [-0.05, 0) is 69.2 Å². The molecule has 1 aliphatic rings. The minimum absolute atomic E-state index is 0.118. The average Bonchev–Trinajstić information content (AvgIpc) is 3.50. The highest BCUT2D eigenvalue weighted by molar-refractivity contribution is 8.00. The molecule has 0 spiro atoms. The van der Waals surface area contributed by atoms with E-state index < -0.39 is 18.2 Å². The van der Waals surface area contributed by atoms with Gasteiger partial charge in [-0.3, -0.25) is 0 Å². The first-order chi connectivity index (χ1) is 21.6. The summed E-state index contributed by atoms with van der Waals surface area (Å²) >= 11 is 3.25. The lowest BCUT2D eigenvalue weighted by molar-refractivity contribution is -0.219. The summed E-state index contributed by atoms with van der Waals surface area (Å²) in [6.45, 7) is 3.62. The van der Waals surface area contributed by atoms with Gasteiger partial charge in [-0.1, -0.05) is 43.2 Å². The molecule has 0 fully saturated rings. The molecule has 0 unspecified atom stereocenters. The molecule has 0 radical (unpaired) electrons. The van der Waals surface area contributed by atoms with Crippen LogP contribution in [0.4, 0.5) is 24.8 Å². The molecular weight excluding hydrogens is 618 g/mol. The van der Waals surface area contributed by atoms with Crippen molar-refractivity contribution in [2.75, 3.05) is 41.3 Å². The molecule has 0 amide bonds. The van der Waals surface area contributed by atoms with Crippen LogP contribution in [0.25, 0.3) is 16.9 Å². The molecule has 0 saturated carbocycles. The SMILES string of the molecule is CSCCN1CCCCCCc2ccccc2-c2nc(ccc2-n2ccc(OCC(C)(C)C(F)(F)F)n2)NSc2cccc1n2. The smallest absolute Gasteiger partial charge is 0.397 e. The number of halogens is 3. The van der Waals surface area contributed by atoms with Crippen molar-refractivity contribution in [1.82, 2.24) is 19.7 Å². The highest BCUT2D eigenvalue weighted by Gasteiger charge is 2.48. The first-order valence-corrected chi connectivity index (χ1v) is 17.3. The van der Waals surface area contributed by atoms with E-state index >= 15 is 0 Å². The molecule has 45 heavy (non-hydrogen) atoms. The number of aryl methyl sites for hydroxylation is 1. The van der Waals surface area contributed by atoms with Gasteiger partial charge < -0.3 is 14.4 Å². The number of nitrogens with one attached hydrogen (secondary N) is 1. The molecule has 0 aliphatic carbocycles. The fourth-order valence-corrected chi connectivity index (χ4v) is 5.98. The third kappa shape index (κ3) is 8.46. The van der Waals surface area contributed by atoms with Crippen molar-refractivity contribution in [3.05, 3.63) is 72.4 Å². The van der Waals surface area contributed by atoms with Crippen LogP contribution in [0.1, 0.15) is 45.1 Å². The molecule has 4 aromatic rings. The monoisotopic (exact) mass is 656 g/mol. The zero-order valence-corrected chi connectivity index (χ0v) is 27.4. The number of rotatable bonds is 7. The van der Waals surface area contributed by atoms with E-state index in [2.05, 4.69) is 39.2 Å². The van der Waals surface area contributed by atoms with E-state index in [0.717, 1.165) is 86.9 Å². The lowest BCUT2D eigenvalue weighted by Crippen LogP contribution is -2.37. The van der Waals surface area contributed by atoms with Gasteiger partial charge in [-0.25, -0.2) is 14.6 Å². The number of aromatic nitrogens is 4. The molecule has 240 valence electrons. The second kappa shape index (κ2) is 14.8. The van der Waals surface area contributed by atoms with Crippen LogP contribution in [0.5, 0.6) is 5.88 Å². The first kappa shape index (κ1) is 33.0. The lowest BCUT2D eigenvalue weighted by Gasteiger charge is -2.26. The van der Waals surface area contributed by atoms with Gasteiger partial charge in [-0.2, -0.15) is 24.9 Å². The van der Waals surface area contributed by atoms with Crippen LogP contribution in [0.15, 0.2) is 71.9 Å². The number of alkyl halides is 3. The van der Waals surface area contributed by atoms with E-state index in [0.29, 0.717) is 11.5 Å². The summed E-state index contributed by atoms with van der Waals surface area (Å²) in [5, 5.41) is 5.32. The van der Waals surface area contributed by atoms with Crippen LogP contribution in [0.2, 0.25) is 0 Å². The van der Waals surface area contributed by atoms with Crippen LogP contribution in [-0.4, -0.2) is 57.6 Å². The number of fused-ring (bicyclic) bond motifs is 6. The third-order valence-electron chi connectivity index (χ3n) is 7.79. The van der Waals surface area contributed by atoms with Gasteiger partial charge in [-0.15, -0.1) is 5.10 Å². The summed E-state index contributed by atoms with van der Waals surface area (Å²) in [4.78, 5) is 12.4. The Morgan fingerprint density at radius 2 is 1.78 bits per heavy atom. The van der Waals surface area contributed by atoms with Crippen molar-refractivity contribution in [2.24, 2.45) is 5.41 Å². The number of nitrogens with zero attached hydrogens (tertiary/aromatic N) is 5. The van der Waals surface area contributed by atoms with E-state index in [9.17, 15) is 13.2 Å². The Kier molecular flexibility index (Phi) is 10.9. The Morgan fingerprint density at radius 1 is 0.956 bits per heavy atom. The van der Waals surface area contributed by atoms with Crippen molar-refractivity contribution in [3.8, 4) is 22.8 Å². The Bertz CT molecular complexity index is 1560. The lowest BCUT2D eigenvalue weighted by atomic mass is 9.94. The van der Waals surface area contributed by atoms with Crippen LogP contribution >= 0.6 is 23.7 Å². The summed E-state index contributed by atoms with van der Waals surface area (Å²) in [6.07, 6.45) is 4.73. The van der Waals surface area contributed by atoms with Crippen LogP contribution in [-0.2, 0) is 6.42 Å². The number of anilines is 2. The molecule has 1 aliphatic heterocycles. The fourth-order valence-electron chi connectivity index (χ4n) is 4.97. The summed E-state index contributed by atoms with van der Waals surface area (Å²) < 4.78 is 50.6. The molecule has 1 aromatic carbocycles. The maximum atomic E-state index is 13.4. The summed E-state index contributed by atoms with van der Waals surface area (Å²) in [7, 11) is 0. The zero-order valence-electron chi connectivity index (χ0n) is 25.8. The maximum Gasteiger partial charge on any atom is 0.397 e. The number of thioether (sulfide) groups is 1. The van der Waals surface area contributed by atoms with Gasteiger partial charge in [0, 0.05) is 48.6 Å². The number of benzene rings is 1. The largest absolute Gasteiger partial charge is 0.476 e. The number of hydrogen-bond acceptors (Lipinski definition) is 8. The van der Waals surface area contributed by atoms with Gasteiger partial charge >= 0.3 is 6.18 Å². The Morgan fingerprint density at radius 3 is 2.60 bits per heavy atom. The van der Waals surface area contributed by atoms with Gasteiger partial charge in [0.1, 0.15) is 23.3 Å². The van der Waals surface area contributed by atoms with E-state index in [1.54, 1.807) is 16.9 Å².